The second kappa shape index (κ2) is 4.40. The van der Waals surface area contributed by atoms with Crippen LogP contribution >= 0.6 is 0 Å². The molecule has 2 rings (SSSR count). The summed E-state index contributed by atoms with van der Waals surface area (Å²) in [5, 5.41) is 10.8. The monoisotopic (exact) mass is 212 g/mol. The molecule has 3 N–H and O–H groups in total. The number of rotatable bonds is 4. The smallest absolute Gasteiger partial charge is 0.0854 e. The number of nitrogens with two attached hydrogens (primary N) is 1. The van der Waals surface area contributed by atoms with Crippen molar-refractivity contribution in [3.05, 3.63) is 0 Å². The molecular formula is C12H24N2O. The van der Waals surface area contributed by atoms with Crippen molar-refractivity contribution in [3.8, 4) is 0 Å². The maximum atomic E-state index is 10.8. The van der Waals surface area contributed by atoms with Gasteiger partial charge in [0.15, 0.2) is 0 Å². The second-order valence-corrected chi connectivity index (χ2v) is 5.16. The zero-order valence-corrected chi connectivity index (χ0v) is 9.78. The molecule has 2 aliphatic heterocycles. The van der Waals surface area contributed by atoms with Crippen LogP contribution in [0.1, 0.15) is 39.0 Å². The molecule has 0 saturated carbocycles. The van der Waals surface area contributed by atoms with Crippen molar-refractivity contribution in [2.45, 2.75) is 50.7 Å². The lowest BCUT2D eigenvalue weighted by atomic mass is 9.78. The highest BCUT2D eigenvalue weighted by molar-refractivity contribution is 5.05. The van der Waals surface area contributed by atoms with Gasteiger partial charge in [-0.05, 0) is 38.8 Å². The lowest BCUT2D eigenvalue weighted by Crippen LogP contribution is -2.49. The van der Waals surface area contributed by atoms with E-state index >= 15 is 0 Å². The van der Waals surface area contributed by atoms with Gasteiger partial charge in [-0.1, -0.05) is 13.3 Å². The molecule has 0 spiro atoms. The lowest BCUT2D eigenvalue weighted by molar-refractivity contribution is -0.0400. The van der Waals surface area contributed by atoms with Crippen LogP contribution in [0, 0.1) is 5.92 Å². The third kappa shape index (κ3) is 1.81. The Bertz CT molecular complexity index is 222. The lowest BCUT2D eigenvalue weighted by Gasteiger charge is -2.37. The number of fused-ring (bicyclic) bond motifs is 1. The zero-order valence-electron chi connectivity index (χ0n) is 9.78. The van der Waals surface area contributed by atoms with E-state index in [1.165, 1.54) is 13.0 Å². The van der Waals surface area contributed by atoms with Crippen molar-refractivity contribution < 1.29 is 5.11 Å². The van der Waals surface area contributed by atoms with Gasteiger partial charge in [-0.2, -0.15) is 0 Å². The third-order valence-corrected chi connectivity index (χ3v) is 4.37. The van der Waals surface area contributed by atoms with Crippen LogP contribution in [0.15, 0.2) is 0 Å². The van der Waals surface area contributed by atoms with Gasteiger partial charge in [0, 0.05) is 18.5 Å². The summed E-state index contributed by atoms with van der Waals surface area (Å²) in [6.07, 6.45) is 5.53. The van der Waals surface area contributed by atoms with Crippen LogP contribution in [0.25, 0.3) is 0 Å². The van der Waals surface area contributed by atoms with E-state index in [0.29, 0.717) is 18.5 Å². The summed E-state index contributed by atoms with van der Waals surface area (Å²) in [5.41, 5.74) is 5.34. The maximum Gasteiger partial charge on any atom is 0.0854 e. The van der Waals surface area contributed by atoms with Gasteiger partial charge in [-0.15, -0.1) is 0 Å². The van der Waals surface area contributed by atoms with Crippen LogP contribution in [0.3, 0.4) is 0 Å². The van der Waals surface area contributed by atoms with Crippen molar-refractivity contribution in [1.82, 2.24) is 4.90 Å². The first-order chi connectivity index (χ1) is 7.22. The molecule has 88 valence electrons. The van der Waals surface area contributed by atoms with E-state index in [4.69, 9.17) is 5.73 Å². The van der Waals surface area contributed by atoms with Gasteiger partial charge in [0.2, 0.25) is 0 Å². The van der Waals surface area contributed by atoms with Crippen molar-refractivity contribution >= 4 is 0 Å². The number of aliphatic hydroxyl groups is 1. The van der Waals surface area contributed by atoms with Crippen molar-refractivity contribution in [2.24, 2.45) is 11.7 Å². The molecule has 2 fully saturated rings. The standard InChI is InChI=1S/C12H24N2O/c1-2-4-10(9-13)12(15)6-8-14-7-3-5-11(12)14/h10-11,15H,2-9,13H2,1H3. The summed E-state index contributed by atoms with van der Waals surface area (Å²) in [5.74, 6) is 0.301. The first-order valence-electron chi connectivity index (χ1n) is 6.39. The average molecular weight is 212 g/mol. The fourth-order valence-corrected chi connectivity index (χ4v) is 3.55. The quantitative estimate of drug-likeness (QED) is 0.730. The van der Waals surface area contributed by atoms with Crippen LogP contribution < -0.4 is 5.73 Å². The molecule has 15 heavy (non-hydrogen) atoms. The normalized spacial score (nSPS) is 38.2. The highest BCUT2D eigenvalue weighted by atomic mass is 16.3. The van der Waals surface area contributed by atoms with Gasteiger partial charge in [-0.25, -0.2) is 0 Å². The topological polar surface area (TPSA) is 49.5 Å². The molecule has 2 saturated heterocycles. The van der Waals surface area contributed by atoms with Gasteiger partial charge in [0.25, 0.3) is 0 Å². The third-order valence-electron chi connectivity index (χ3n) is 4.37. The molecule has 0 aromatic heterocycles. The molecule has 3 nitrogen and oxygen atoms in total. The Kier molecular flexibility index (Phi) is 3.33. The molecule has 0 aliphatic carbocycles. The summed E-state index contributed by atoms with van der Waals surface area (Å²) in [4.78, 5) is 2.46. The first-order valence-corrected chi connectivity index (χ1v) is 6.39. The Morgan fingerprint density at radius 3 is 3.00 bits per heavy atom. The van der Waals surface area contributed by atoms with Gasteiger partial charge in [-0.3, -0.25) is 4.90 Å². The molecule has 3 atom stereocenters. The van der Waals surface area contributed by atoms with Crippen LogP contribution in [0.4, 0.5) is 0 Å². The van der Waals surface area contributed by atoms with Gasteiger partial charge in [0.05, 0.1) is 5.60 Å². The van der Waals surface area contributed by atoms with Crippen LogP contribution in [0.2, 0.25) is 0 Å². The fourth-order valence-electron chi connectivity index (χ4n) is 3.55. The van der Waals surface area contributed by atoms with E-state index in [1.807, 2.05) is 0 Å². The molecule has 3 unspecified atom stereocenters. The summed E-state index contributed by atoms with van der Waals surface area (Å²) < 4.78 is 0. The van der Waals surface area contributed by atoms with E-state index in [9.17, 15) is 5.11 Å². The second-order valence-electron chi connectivity index (χ2n) is 5.16. The molecule has 0 aromatic rings. The minimum atomic E-state index is -0.485. The maximum absolute atomic E-state index is 10.8. The minimum Gasteiger partial charge on any atom is -0.388 e. The molecule has 3 heteroatoms. The first kappa shape index (κ1) is 11.4. The molecule has 0 radical (unpaired) electrons. The van der Waals surface area contributed by atoms with E-state index in [-0.39, 0.29) is 0 Å². The van der Waals surface area contributed by atoms with Crippen LogP contribution in [-0.2, 0) is 0 Å². The average Bonchev–Trinajstić information content (AvgIpc) is 2.80. The highest BCUT2D eigenvalue weighted by Gasteiger charge is 2.51. The SMILES string of the molecule is CCCC(CN)C1(O)CCN2CCCC21. The van der Waals surface area contributed by atoms with Crippen LogP contribution in [-0.4, -0.2) is 41.3 Å². The predicted molar refractivity (Wildman–Crippen MR) is 61.6 cm³/mol. The predicted octanol–water partition coefficient (Wildman–Crippen LogP) is 0.961. The Balaban J connectivity index is 2.10. The van der Waals surface area contributed by atoms with E-state index in [0.717, 1.165) is 32.2 Å². The zero-order chi connectivity index (χ0) is 10.9. The Morgan fingerprint density at radius 2 is 2.33 bits per heavy atom. The number of hydrogen-bond donors (Lipinski definition) is 2. The highest BCUT2D eigenvalue weighted by Crippen LogP contribution is 2.41. The molecule has 2 heterocycles. The van der Waals surface area contributed by atoms with Crippen molar-refractivity contribution in [1.29, 1.82) is 0 Å². The molecule has 2 aliphatic rings. The summed E-state index contributed by atoms with van der Waals surface area (Å²) in [6, 6.07) is 0.401. The van der Waals surface area contributed by atoms with E-state index in [1.54, 1.807) is 0 Å². The van der Waals surface area contributed by atoms with E-state index in [2.05, 4.69) is 11.8 Å². The summed E-state index contributed by atoms with van der Waals surface area (Å²) in [6.45, 7) is 5.06. The summed E-state index contributed by atoms with van der Waals surface area (Å²) in [7, 11) is 0. The molecule has 0 amide bonds. The number of hydrogen-bond acceptors (Lipinski definition) is 3. The Labute approximate surface area is 92.6 Å². The Hall–Kier alpha value is -0.120. The van der Waals surface area contributed by atoms with Gasteiger partial charge in [0.1, 0.15) is 0 Å². The van der Waals surface area contributed by atoms with Crippen LogP contribution in [0.5, 0.6) is 0 Å². The molecule has 0 bridgehead atoms. The number of nitrogens with zero attached hydrogens (tertiary/aromatic N) is 1. The molecular weight excluding hydrogens is 188 g/mol. The minimum absolute atomic E-state index is 0.301. The van der Waals surface area contributed by atoms with Gasteiger partial charge >= 0.3 is 0 Å². The molecule has 0 aromatic carbocycles. The largest absolute Gasteiger partial charge is 0.388 e. The van der Waals surface area contributed by atoms with Gasteiger partial charge < -0.3 is 10.8 Å². The van der Waals surface area contributed by atoms with Crippen molar-refractivity contribution in [2.75, 3.05) is 19.6 Å². The summed E-state index contributed by atoms with van der Waals surface area (Å²) >= 11 is 0. The fraction of sp³-hybridized carbons (Fsp3) is 1.00. The van der Waals surface area contributed by atoms with Crippen molar-refractivity contribution in [3.63, 3.8) is 0 Å². The Morgan fingerprint density at radius 1 is 1.53 bits per heavy atom. The van der Waals surface area contributed by atoms with E-state index < -0.39 is 5.60 Å².